The van der Waals surface area contributed by atoms with Gasteiger partial charge in [0.2, 0.25) is 5.95 Å². The zero-order chi connectivity index (χ0) is 17.0. The van der Waals surface area contributed by atoms with E-state index in [4.69, 9.17) is 0 Å². The van der Waals surface area contributed by atoms with Crippen molar-refractivity contribution in [2.75, 3.05) is 18.4 Å². The molecule has 2 N–H and O–H groups in total. The van der Waals surface area contributed by atoms with Gasteiger partial charge in [-0.25, -0.2) is 9.97 Å². The van der Waals surface area contributed by atoms with Crippen LogP contribution in [0, 0.1) is 5.92 Å². The number of hydrogen-bond acceptors (Lipinski definition) is 4. The Hall–Kier alpha value is -1.54. The van der Waals surface area contributed by atoms with Gasteiger partial charge in [0.25, 0.3) is 0 Å². The Morgan fingerprint density at radius 2 is 1.63 bits per heavy atom. The van der Waals surface area contributed by atoms with E-state index in [1.165, 1.54) is 12.1 Å². The summed E-state index contributed by atoms with van der Waals surface area (Å²) in [5.74, 6) is 0.773. The van der Waals surface area contributed by atoms with E-state index in [1.54, 1.807) is 18.5 Å². The van der Waals surface area contributed by atoms with Crippen LogP contribution in [-0.4, -0.2) is 29.1 Å². The van der Waals surface area contributed by atoms with E-state index in [0.29, 0.717) is 5.95 Å². The predicted molar refractivity (Wildman–Crippen MR) is 108 cm³/mol. The van der Waals surface area contributed by atoms with Crippen LogP contribution >= 0.6 is 37.2 Å². The molecule has 2 aromatic rings. The molecule has 2 unspecified atom stereocenters. The summed E-state index contributed by atoms with van der Waals surface area (Å²) >= 11 is 0. The molecule has 1 aliphatic rings. The van der Waals surface area contributed by atoms with E-state index >= 15 is 0 Å². The van der Waals surface area contributed by atoms with Crippen LogP contribution in [0.3, 0.4) is 0 Å². The summed E-state index contributed by atoms with van der Waals surface area (Å²) in [6.45, 7) is 1.57. The molecule has 27 heavy (non-hydrogen) atoms. The number of alkyl halides is 3. The average Bonchev–Trinajstić information content (AvgIpc) is 3.00. The fourth-order valence-electron chi connectivity index (χ4n) is 2.62. The molecule has 1 saturated heterocycles. The highest BCUT2D eigenvalue weighted by Crippen LogP contribution is 2.29. The van der Waals surface area contributed by atoms with Crippen molar-refractivity contribution >= 4 is 49.2 Å². The lowest BCUT2D eigenvalue weighted by Gasteiger charge is -2.16. The second-order valence-corrected chi connectivity index (χ2v) is 5.62. The smallest absolute Gasteiger partial charge is 0.350 e. The van der Waals surface area contributed by atoms with Crippen molar-refractivity contribution in [3.05, 3.63) is 59.9 Å². The normalized spacial score (nSPS) is 18.9. The van der Waals surface area contributed by atoms with E-state index in [-0.39, 0.29) is 49.2 Å². The van der Waals surface area contributed by atoms with Crippen LogP contribution in [-0.2, 0) is 6.18 Å². The van der Waals surface area contributed by atoms with Crippen molar-refractivity contribution in [2.45, 2.75) is 12.2 Å². The van der Waals surface area contributed by atoms with Crippen LogP contribution in [0.4, 0.5) is 19.1 Å². The standard InChI is InChI=1S/C17H17F3N4.3ClH/c18-17(19,20)14-6-3-12(4-7-14)2-5-13-10-21-11-15(13)24-16-22-8-1-9-23-16;;;/h1-9,13,15,21H,10-11H2,(H,22,23,24);3*1H/b5-2+;;;. The minimum Gasteiger partial charge on any atom is -0.350 e. The van der Waals surface area contributed by atoms with Gasteiger partial charge in [-0.05, 0) is 23.8 Å². The third-order valence-electron chi connectivity index (χ3n) is 3.92. The van der Waals surface area contributed by atoms with Gasteiger partial charge in [-0.3, -0.25) is 0 Å². The number of halogens is 6. The molecule has 0 radical (unpaired) electrons. The first-order valence-corrected chi connectivity index (χ1v) is 7.62. The van der Waals surface area contributed by atoms with Gasteiger partial charge in [0.1, 0.15) is 0 Å². The summed E-state index contributed by atoms with van der Waals surface area (Å²) in [4.78, 5) is 8.29. The van der Waals surface area contributed by atoms with E-state index in [2.05, 4.69) is 20.6 Å². The molecular weight excluding hydrogens is 424 g/mol. The van der Waals surface area contributed by atoms with E-state index in [1.807, 2.05) is 12.2 Å². The summed E-state index contributed by atoms with van der Waals surface area (Å²) in [6, 6.07) is 7.04. The maximum atomic E-state index is 12.6. The molecule has 10 heteroatoms. The fraction of sp³-hybridized carbons (Fsp3) is 0.294. The maximum Gasteiger partial charge on any atom is 0.416 e. The molecule has 0 saturated carbocycles. The summed E-state index contributed by atoms with van der Waals surface area (Å²) in [7, 11) is 0. The third-order valence-corrected chi connectivity index (χ3v) is 3.92. The van der Waals surface area contributed by atoms with Gasteiger partial charge in [-0.2, -0.15) is 13.2 Å². The van der Waals surface area contributed by atoms with E-state index in [0.717, 1.165) is 30.8 Å². The summed E-state index contributed by atoms with van der Waals surface area (Å²) in [5.41, 5.74) is 0.104. The van der Waals surface area contributed by atoms with Crippen molar-refractivity contribution in [1.29, 1.82) is 0 Å². The molecule has 4 nitrogen and oxygen atoms in total. The molecule has 0 spiro atoms. The molecule has 1 aromatic carbocycles. The largest absolute Gasteiger partial charge is 0.416 e. The number of nitrogens with one attached hydrogen (secondary N) is 2. The number of hydrogen-bond donors (Lipinski definition) is 2. The highest BCUT2D eigenvalue weighted by atomic mass is 35.5. The zero-order valence-corrected chi connectivity index (χ0v) is 16.5. The lowest BCUT2D eigenvalue weighted by Crippen LogP contribution is -2.28. The molecular formula is C17H20Cl3F3N4. The van der Waals surface area contributed by atoms with Crippen LogP contribution in [0.2, 0.25) is 0 Å². The molecule has 2 atom stereocenters. The molecule has 150 valence electrons. The monoisotopic (exact) mass is 442 g/mol. The van der Waals surface area contributed by atoms with Crippen LogP contribution in [0.1, 0.15) is 11.1 Å². The number of anilines is 1. The number of benzene rings is 1. The predicted octanol–water partition coefficient (Wildman–Crippen LogP) is 4.47. The van der Waals surface area contributed by atoms with Gasteiger partial charge in [0.05, 0.1) is 5.56 Å². The highest BCUT2D eigenvalue weighted by Gasteiger charge is 2.30. The second kappa shape index (κ2) is 11.3. The Morgan fingerprint density at radius 3 is 2.22 bits per heavy atom. The Kier molecular flexibility index (Phi) is 10.7. The van der Waals surface area contributed by atoms with Gasteiger partial charge in [0.15, 0.2) is 0 Å². The van der Waals surface area contributed by atoms with Gasteiger partial charge < -0.3 is 10.6 Å². The van der Waals surface area contributed by atoms with Crippen molar-refractivity contribution in [3.63, 3.8) is 0 Å². The van der Waals surface area contributed by atoms with Crippen LogP contribution in [0.5, 0.6) is 0 Å². The average molecular weight is 444 g/mol. The lowest BCUT2D eigenvalue weighted by atomic mass is 10.0. The Labute approximate surface area is 174 Å². The first-order chi connectivity index (χ1) is 11.5. The SMILES string of the molecule is Cl.Cl.Cl.FC(F)(F)c1ccc(/C=C/C2CNCC2Nc2ncccn2)cc1. The van der Waals surface area contributed by atoms with Gasteiger partial charge >= 0.3 is 6.18 Å². The quantitative estimate of drug-likeness (QED) is 0.732. The van der Waals surface area contributed by atoms with E-state index < -0.39 is 11.7 Å². The topological polar surface area (TPSA) is 49.8 Å². The van der Waals surface area contributed by atoms with Crippen molar-refractivity contribution in [2.24, 2.45) is 5.92 Å². The summed E-state index contributed by atoms with van der Waals surface area (Å²) in [5, 5.41) is 6.56. The fourth-order valence-corrected chi connectivity index (χ4v) is 2.62. The lowest BCUT2D eigenvalue weighted by molar-refractivity contribution is -0.137. The number of rotatable bonds is 4. The summed E-state index contributed by atoms with van der Waals surface area (Å²) < 4.78 is 37.7. The summed E-state index contributed by atoms with van der Waals surface area (Å²) in [6.07, 6.45) is 2.89. The van der Waals surface area contributed by atoms with E-state index in [9.17, 15) is 13.2 Å². The van der Waals surface area contributed by atoms with Crippen molar-refractivity contribution in [3.8, 4) is 0 Å². The molecule has 3 rings (SSSR count). The van der Waals surface area contributed by atoms with Crippen LogP contribution < -0.4 is 10.6 Å². The first kappa shape index (κ1) is 25.5. The Morgan fingerprint density at radius 1 is 1.00 bits per heavy atom. The van der Waals surface area contributed by atoms with Crippen molar-refractivity contribution < 1.29 is 13.2 Å². The molecule has 1 aliphatic heterocycles. The van der Waals surface area contributed by atoms with Crippen molar-refractivity contribution in [1.82, 2.24) is 15.3 Å². The van der Waals surface area contributed by atoms with Crippen LogP contribution in [0.15, 0.2) is 48.8 Å². The highest BCUT2D eigenvalue weighted by molar-refractivity contribution is 5.86. The minimum atomic E-state index is -4.30. The van der Waals surface area contributed by atoms with Gasteiger partial charge in [-0.1, -0.05) is 24.3 Å². The van der Waals surface area contributed by atoms with Gasteiger partial charge in [-0.15, -0.1) is 37.2 Å². The molecule has 0 amide bonds. The molecule has 0 bridgehead atoms. The first-order valence-electron chi connectivity index (χ1n) is 7.62. The molecule has 2 heterocycles. The third kappa shape index (κ3) is 7.18. The molecule has 0 aliphatic carbocycles. The molecule has 1 fully saturated rings. The second-order valence-electron chi connectivity index (χ2n) is 5.62. The number of nitrogens with zero attached hydrogens (tertiary/aromatic N) is 2. The Balaban J connectivity index is 0.00000225. The van der Waals surface area contributed by atoms with Crippen LogP contribution in [0.25, 0.3) is 6.08 Å². The Bertz CT molecular complexity index is 697. The minimum absolute atomic E-state index is 0. The molecule has 1 aromatic heterocycles. The van der Waals surface area contributed by atoms with Gasteiger partial charge in [0, 0.05) is 37.4 Å². The maximum absolute atomic E-state index is 12.6. The zero-order valence-electron chi connectivity index (χ0n) is 14.0. The number of aromatic nitrogens is 2.